The molecule has 4 rings (SSSR count). The average molecular weight is 333 g/mol. The summed E-state index contributed by atoms with van der Waals surface area (Å²) in [6.45, 7) is 5.28. The van der Waals surface area contributed by atoms with E-state index in [0.29, 0.717) is 12.0 Å². The lowest BCUT2D eigenvalue weighted by molar-refractivity contribution is 0.156. The van der Waals surface area contributed by atoms with Gasteiger partial charge in [0.15, 0.2) is 0 Å². The molecule has 5 unspecified atom stereocenters. The molecule has 4 heteroatoms. The molecule has 3 nitrogen and oxygen atoms in total. The lowest BCUT2D eigenvalue weighted by Crippen LogP contribution is -2.50. The van der Waals surface area contributed by atoms with Gasteiger partial charge in [0.05, 0.1) is 6.04 Å². The molecule has 2 bridgehead atoms. The van der Waals surface area contributed by atoms with Crippen LogP contribution in [0.3, 0.4) is 0 Å². The Kier molecular flexibility index (Phi) is 4.12. The average Bonchev–Trinajstić information content (AvgIpc) is 3.28. The van der Waals surface area contributed by atoms with Crippen molar-refractivity contribution in [2.45, 2.75) is 64.5 Å². The second-order valence-electron chi connectivity index (χ2n) is 7.74. The molecule has 2 aliphatic carbocycles. The van der Waals surface area contributed by atoms with Gasteiger partial charge in [-0.3, -0.25) is 0 Å². The number of carbonyl (C=O) groups is 1. The van der Waals surface area contributed by atoms with Crippen molar-refractivity contribution in [3.8, 4) is 0 Å². The monoisotopic (exact) mass is 332 g/mol. The van der Waals surface area contributed by atoms with Gasteiger partial charge < -0.3 is 10.2 Å². The summed E-state index contributed by atoms with van der Waals surface area (Å²) in [5.74, 6) is 2.51. The fourth-order valence-electron chi connectivity index (χ4n) is 5.37. The van der Waals surface area contributed by atoms with Gasteiger partial charge in [-0.1, -0.05) is 13.3 Å². The molecule has 2 heterocycles. The molecular formula is C19H28N2OS. The number of urea groups is 1. The number of fused-ring (bicyclic) bond motifs is 3. The lowest BCUT2D eigenvalue weighted by Gasteiger charge is -2.37. The third kappa shape index (κ3) is 2.69. The highest BCUT2D eigenvalue weighted by atomic mass is 32.1. The molecule has 1 aromatic rings. The highest BCUT2D eigenvalue weighted by Gasteiger charge is 2.42. The Balaban J connectivity index is 1.42. The van der Waals surface area contributed by atoms with Crippen LogP contribution in [-0.4, -0.2) is 23.5 Å². The first-order valence-corrected chi connectivity index (χ1v) is 10.2. The van der Waals surface area contributed by atoms with Crippen molar-refractivity contribution in [1.82, 2.24) is 10.2 Å². The molecule has 2 fully saturated rings. The number of amides is 2. The van der Waals surface area contributed by atoms with Crippen molar-refractivity contribution >= 4 is 17.4 Å². The number of thiophene rings is 1. The van der Waals surface area contributed by atoms with Gasteiger partial charge in [0.25, 0.3) is 0 Å². The Labute approximate surface area is 143 Å². The van der Waals surface area contributed by atoms with Gasteiger partial charge in [-0.15, -0.1) is 11.3 Å². The highest BCUT2D eigenvalue weighted by Crippen LogP contribution is 2.49. The maximum Gasteiger partial charge on any atom is 0.318 e. The van der Waals surface area contributed by atoms with Crippen LogP contribution in [0.15, 0.2) is 11.4 Å². The predicted molar refractivity (Wildman–Crippen MR) is 94.7 cm³/mol. The summed E-state index contributed by atoms with van der Waals surface area (Å²) in [5, 5.41) is 5.53. The largest absolute Gasteiger partial charge is 0.335 e. The van der Waals surface area contributed by atoms with Crippen LogP contribution >= 0.6 is 11.3 Å². The van der Waals surface area contributed by atoms with E-state index in [0.717, 1.165) is 31.2 Å². The molecule has 1 aromatic heterocycles. The van der Waals surface area contributed by atoms with Gasteiger partial charge in [-0.05, 0) is 73.8 Å². The minimum absolute atomic E-state index is 0.156. The summed E-state index contributed by atoms with van der Waals surface area (Å²) >= 11 is 1.84. The van der Waals surface area contributed by atoms with Crippen LogP contribution < -0.4 is 5.32 Å². The van der Waals surface area contributed by atoms with Crippen LogP contribution in [0.1, 0.15) is 62.4 Å². The summed E-state index contributed by atoms with van der Waals surface area (Å²) in [5.41, 5.74) is 1.38. The zero-order chi connectivity index (χ0) is 16.0. The molecule has 3 aliphatic rings. The first-order chi connectivity index (χ1) is 11.2. The Morgan fingerprint density at radius 1 is 1.43 bits per heavy atom. The topological polar surface area (TPSA) is 32.3 Å². The third-order valence-corrected chi connectivity index (χ3v) is 7.53. The summed E-state index contributed by atoms with van der Waals surface area (Å²) in [6.07, 6.45) is 7.56. The number of rotatable bonds is 3. The molecule has 0 aromatic carbocycles. The molecule has 0 saturated heterocycles. The molecule has 2 saturated carbocycles. The van der Waals surface area contributed by atoms with Crippen LogP contribution in [0.2, 0.25) is 0 Å². The minimum Gasteiger partial charge on any atom is -0.335 e. The quantitative estimate of drug-likeness (QED) is 0.862. The van der Waals surface area contributed by atoms with E-state index >= 15 is 0 Å². The van der Waals surface area contributed by atoms with Gasteiger partial charge >= 0.3 is 6.03 Å². The van der Waals surface area contributed by atoms with Crippen LogP contribution in [-0.2, 0) is 6.42 Å². The lowest BCUT2D eigenvalue weighted by atomic mass is 9.84. The van der Waals surface area contributed by atoms with E-state index in [1.54, 1.807) is 0 Å². The number of hydrogen-bond donors (Lipinski definition) is 1. The zero-order valence-electron chi connectivity index (χ0n) is 14.3. The molecular weight excluding hydrogens is 304 g/mol. The summed E-state index contributed by atoms with van der Waals surface area (Å²) in [4.78, 5) is 16.4. The van der Waals surface area contributed by atoms with Gasteiger partial charge in [-0.25, -0.2) is 4.79 Å². The van der Waals surface area contributed by atoms with Gasteiger partial charge in [0.2, 0.25) is 0 Å². The maximum absolute atomic E-state index is 12.9. The second-order valence-corrected chi connectivity index (χ2v) is 8.74. The smallest absolute Gasteiger partial charge is 0.318 e. The van der Waals surface area contributed by atoms with Crippen LogP contribution in [0.5, 0.6) is 0 Å². The second kappa shape index (κ2) is 6.12. The molecule has 1 N–H and O–H groups in total. The number of carbonyl (C=O) groups excluding carboxylic acids is 1. The number of hydrogen-bond acceptors (Lipinski definition) is 2. The normalized spacial score (nSPS) is 33.6. The number of nitrogens with zero attached hydrogens (tertiary/aromatic N) is 1. The van der Waals surface area contributed by atoms with E-state index < -0.39 is 0 Å². The van der Waals surface area contributed by atoms with E-state index in [1.165, 1.54) is 36.1 Å². The van der Waals surface area contributed by atoms with E-state index in [9.17, 15) is 4.79 Å². The SMILES string of the molecule is CCC1c2ccsc2CCN1C(=O)NC(C)C1CC2CCC1C2. The first kappa shape index (κ1) is 15.5. The van der Waals surface area contributed by atoms with Crippen molar-refractivity contribution in [2.75, 3.05) is 6.54 Å². The summed E-state index contributed by atoms with van der Waals surface area (Å²) in [7, 11) is 0. The third-order valence-electron chi connectivity index (χ3n) is 6.53. The molecule has 126 valence electrons. The fourth-order valence-corrected chi connectivity index (χ4v) is 6.30. The fraction of sp³-hybridized carbons (Fsp3) is 0.737. The van der Waals surface area contributed by atoms with E-state index in [2.05, 4.69) is 35.5 Å². The van der Waals surface area contributed by atoms with Crippen molar-refractivity contribution in [1.29, 1.82) is 0 Å². The van der Waals surface area contributed by atoms with E-state index in [4.69, 9.17) is 0 Å². The van der Waals surface area contributed by atoms with Gasteiger partial charge in [-0.2, -0.15) is 0 Å². The van der Waals surface area contributed by atoms with Gasteiger partial charge in [0.1, 0.15) is 0 Å². The zero-order valence-corrected chi connectivity index (χ0v) is 15.1. The van der Waals surface area contributed by atoms with Crippen molar-refractivity contribution < 1.29 is 4.79 Å². The molecule has 23 heavy (non-hydrogen) atoms. The van der Waals surface area contributed by atoms with Gasteiger partial charge in [0, 0.05) is 17.5 Å². The molecule has 5 atom stereocenters. The Bertz CT molecular complexity index is 584. The van der Waals surface area contributed by atoms with Crippen molar-refractivity contribution in [3.63, 3.8) is 0 Å². The summed E-state index contributed by atoms with van der Waals surface area (Å²) in [6, 6.07) is 2.95. The number of nitrogens with one attached hydrogen (secondary N) is 1. The molecule has 1 aliphatic heterocycles. The molecule has 0 spiro atoms. The summed E-state index contributed by atoms with van der Waals surface area (Å²) < 4.78 is 0. The van der Waals surface area contributed by atoms with Crippen LogP contribution in [0, 0.1) is 17.8 Å². The molecule has 2 amide bonds. The predicted octanol–water partition coefficient (Wildman–Crippen LogP) is 4.59. The Hall–Kier alpha value is -1.03. The molecule has 0 radical (unpaired) electrons. The van der Waals surface area contributed by atoms with Crippen LogP contribution in [0.25, 0.3) is 0 Å². The van der Waals surface area contributed by atoms with Crippen molar-refractivity contribution in [3.05, 3.63) is 21.9 Å². The first-order valence-electron chi connectivity index (χ1n) is 9.30. The van der Waals surface area contributed by atoms with Crippen molar-refractivity contribution in [2.24, 2.45) is 17.8 Å². The Morgan fingerprint density at radius 2 is 2.30 bits per heavy atom. The minimum atomic E-state index is 0.156. The van der Waals surface area contributed by atoms with E-state index in [1.807, 2.05) is 11.3 Å². The van der Waals surface area contributed by atoms with E-state index in [-0.39, 0.29) is 12.1 Å². The highest BCUT2D eigenvalue weighted by molar-refractivity contribution is 7.10. The standard InChI is InChI=1S/C19H28N2OS/c1-3-17-15-7-9-23-18(15)6-8-21(17)19(22)20-12(2)16-11-13-4-5-14(16)10-13/h7,9,12-14,16-17H,3-6,8,10-11H2,1-2H3,(H,20,22). The van der Waals surface area contributed by atoms with Crippen LogP contribution in [0.4, 0.5) is 4.79 Å². The Morgan fingerprint density at radius 3 is 3.00 bits per heavy atom. The maximum atomic E-state index is 12.9.